The third kappa shape index (κ3) is 6.22. The molecule has 3 N–H and O–H groups in total. The van der Waals surface area contributed by atoms with Crippen LogP contribution in [0, 0.1) is 0 Å². The summed E-state index contributed by atoms with van der Waals surface area (Å²) >= 11 is 0. The minimum atomic E-state index is 0.0284. The highest BCUT2D eigenvalue weighted by molar-refractivity contribution is 5.74. The Bertz CT molecular complexity index is 298. The average molecular weight is 297 g/mol. The molecule has 1 saturated carbocycles. The topological polar surface area (TPSA) is 64.6 Å². The molecule has 21 heavy (non-hydrogen) atoms. The van der Waals surface area contributed by atoms with Gasteiger partial charge in [-0.1, -0.05) is 19.3 Å². The van der Waals surface area contributed by atoms with E-state index in [0.29, 0.717) is 18.7 Å². The molecule has 0 unspecified atom stereocenters. The molecule has 2 rings (SSSR count). The Kier molecular flexibility index (Phi) is 7.30. The van der Waals surface area contributed by atoms with E-state index < -0.39 is 0 Å². The Hall–Kier alpha value is -0.810. The second kappa shape index (κ2) is 9.26. The fourth-order valence-corrected chi connectivity index (χ4v) is 3.41. The van der Waals surface area contributed by atoms with E-state index in [0.717, 1.165) is 58.2 Å². The zero-order valence-corrected chi connectivity index (χ0v) is 13.1. The van der Waals surface area contributed by atoms with Crippen molar-refractivity contribution in [1.29, 1.82) is 0 Å². The maximum Gasteiger partial charge on any atom is 0.315 e. The molecule has 5 heteroatoms. The van der Waals surface area contributed by atoms with Crippen LogP contribution in [0.15, 0.2) is 0 Å². The molecule has 1 saturated heterocycles. The van der Waals surface area contributed by atoms with Crippen molar-refractivity contribution in [3.05, 3.63) is 0 Å². The van der Waals surface area contributed by atoms with Crippen LogP contribution in [-0.4, -0.2) is 54.4 Å². The van der Waals surface area contributed by atoms with Gasteiger partial charge in [0.05, 0.1) is 0 Å². The molecule has 0 aromatic rings. The number of likely N-dealkylation sites (tertiary alicyclic amines) is 1. The van der Waals surface area contributed by atoms with Crippen molar-refractivity contribution in [2.45, 2.75) is 69.9 Å². The quantitative estimate of drug-likeness (QED) is 0.656. The number of aliphatic hydroxyl groups is 1. The van der Waals surface area contributed by atoms with Crippen LogP contribution in [0.1, 0.15) is 57.8 Å². The Balaban J connectivity index is 1.58. The van der Waals surface area contributed by atoms with Crippen molar-refractivity contribution in [1.82, 2.24) is 15.5 Å². The summed E-state index contributed by atoms with van der Waals surface area (Å²) in [6, 6.07) is 0.737. The number of aliphatic hydroxyl groups excluding tert-OH is 1. The second-order valence-electron chi connectivity index (χ2n) is 6.50. The summed E-state index contributed by atoms with van der Waals surface area (Å²) in [6.07, 6.45) is 10.1. The van der Waals surface area contributed by atoms with Gasteiger partial charge >= 0.3 is 6.03 Å². The average Bonchev–Trinajstić information content (AvgIpc) is 2.50. The van der Waals surface area contributed by atoms with Crippen LogP contribution >= 0.6 is 0 Å². The van der Waals surface area contributed by atoms with Gasteiger partial charge in [-0.3, -0.25) is 0 Å². The molecular weight excluding hydrogens is 266 g/mol. The Morgan fingerprint density at radius 1 is 0.952 bits per heavy atom. The minimum Gasteiger partial charge on any atom is -0.396 e. The van der Waals surface area contributed by atoms with E-state index in [1.165, 1.54) is 19.3 Å². The lowest BCUT2D eigenvalue weighted by Gasteiger charge is -2.33. The van der Waals surface area contributed by atoms with E-state index in [-0.39, 0.29) is 6.03 Å². The van der Waals surface area contributed by atoms with E-state index in [1.54, 1.807) is 0 Å². The largest absolute Gasteiger partial charge is 0.396 e. The van der Waals surface area contributed by atoms with Crippen LogP contribution < -0.4 is 10.6 Å². The Morgan fingerprint density at radius 3 is 2.19 bits per heavy atom. The fraction of sp³-hybridized carbons (Fsp3) is 0.938. The molecule has 0 aromatic carbocycles. The zero-order chi connectivity index (χ0) is 14.9. The van der Waals surface area contributed by atoms with E-state index in [1.807, 2.05) is 0 Å². The monoisotopic (exact) mass is 297 g/mol. The molecule has 0 aromatic heterocycles. The standard InChI is InChI=1S/C16H31N3O2/c20-13-5-4-10-19-11-8-15(9-12-19)18-16(21)17-14-6-2-1-3-7-14/h14-15,20H,1-13H2,(H2,17,18,21). The van der Waals surface area contributed by atoms with Gasteiger partial charge in [0.15, 0.2) is 0 Å². The molecule has 1 aliphatic carbocycles. The second-order valence-corrected chi connectivity index (χ2v) is 6.50. The SMILES string of the molecule is O=C(NC1CCCCC1)NC1CCN(CCCCO)CC1. The lowest BCUT2D eigenvalue weighted by Crippen LogP contribution is -2.50. The van der Waals surface area contributed by atoms with Gasteiger partial charge in [0.25, 0.3) is 0 Å². The first-order valence-corrected chi connectivity index (χ1v) is 8.68. The number of amides is 2. The first-order valence-electron chi connectivity index (χ1n) is 8.68. The van der Waals surface area contributed by atoms with Crippen LogP contribution in [-0.2, 0) is 0 Å². The predicted molar refractivity (Wildman–Crippen MR) is 84.3 cm³/mol. The lowest BCUT2D eigenvalue weighted by atomic mass is 9.96. The smallest absolute Gasteiger partial charge is 0.315 e. The number of hydrogen-bond donors (Lipinski definition) is 3. The number of piperidine rings is 1. The molecule has 5 nitrogen and oxygen atoms in total. The van der Waals surface area contributed by atoms with E-state index in [4.69, 9.17) is 5.11 Å². The molecule has 1 aliphatic heterocycles. The van der Waals surface area contributed by atoms with E-state index in [2.05, 4.69) is 15.5 Å². The summed E-state index contributed by atoms with van der Waals surface area (Å²) in [5, 5.41) is 15.1. The normalized spacial score (nSPS) is 22.1. The number of carbonyl (C=O) groups is 1. The predicted octanol–water partition coefficient (Wildman–Crippen LogP) is 1.86. The van der Waals surface area contributed by atoms with E-state index >= 15 is 0 Å². The van der Waals surface area contributed by atoms with Crippen LogP contribution in [0.3, 0.4) is 0 Å². The maximum atomic E-state index is 12.0. The maximum absolute atomic E-state index is 12.0. The van der Waals surface area contributed by atoms with Crippen LogP contribution in [0.5, 0.6) is 0 Å². The van der Waals surface area contributed by atoms with Gasteiger partial charge in [-0.15, -0.1) is 0 Å². The highest BCUT2D eigenvalue weighted by Gasteiger charge is 2.22. The number of unbranched alkanes of at least 4 members (excludes halogenated alkanes) is 1. The van der Waals surface area contributed by atoms with Crippen molar-refractivity contribution in [2.24, 2.45) is 0 Å². The van der Waals surface area contributed by atoms with Crippen molar-refractivity contribution < 1.29 is 9.90 Å². The van der Waals surface area contributed by atoms with Gasteiger partial charge in [-0.05, 0) is 45.1 Å². The van der Waals surface area contributed by atoms with Gasteiger partial charge in [-0.25, -0.2) is 4.79 Å². The zero-order valence-electron chi connectivity index (χ0n) is 13.1. The third-order valence-corrected chi connectivity index (χ3v) is 4.75. The van der Waals surface area contributed by atoms with Crippen LogP contribution in [0.2, 0.25) is 0 Å². The Labute approximate surface area is 128 Å². The summed E-state index contributed by atoms with van der Waals surface area (Å²) in [5.41, 5.74) is 0. The molecular formula is C16H31N3O2. The van der Waals surface area contributed by atoms with Crippen molar-refractivity contribution in [3.63, 3.8) is 0 Å². The summed E-state index contributed by atoms with van der Waals surface area (Å²) in [5.74, 6) is 0. The summed E-state index contributed by atoms with van der Waals surface area (Å²) in [7, 11) is 0. The van der Waals surface area contributed by atoms with Crippen molar-refractivity contribution in [3.8, 4) is 0 Å². The molecule has 0 radical (unpaired) electrons. The fourth-order valence-electron chi connectivity index (χ4n) is 3.41. The molecule has 2 fully saturated rings. The number of nitrogens with zero attached hydrogens (tertiary/aromatic N) is 1. The minimum absolute atomic E-state index is 0.0284. The van der Waals surface area contributed by atoms with Crippen LogP contribution in [0.4, 0.5) is 4.79 Å². The molecule has 2 amide bonds. The van der Waals surface area contributed by atoms with Gasteiger partial charge in [-0.2, -0.15) is 0 Å². The molecule has 2 aliphatic rings. The number of urea groups is 1. The van der Waals surface area contributed by atoms with Gasteiger partial charge in [0.2, 0.25) is 0 Å². The first-order chi connectivity index (χ1) is 10.3. The number of carbonyl (C=O) groups excluding carboxylic acids is 1. The summed E-state index contributed by atoms with van der Waals surface area (Å²) < 4.78 is 0. The lowest BCUT2D eigenvalue weighted by molar-refractivity contribution is 0.183. The number of hydrogen-bond acceptors (Lipinski definition) is 3. The van der Waals surface area contributed by atoms with Crippen molar-refractivity contribution in [2.75, 3.05) is 26.2 Å². The number of nitrogens with one attached hydrogen (secondary N) is 2. The number of rotatable bonds is 6. The van der Waals surface area contributed by atoms with Gasteiger partial charge < -0.3 is 20.6 Å². The third-order valence-electron chi connectivity index (χ3n) is 4.75. The summed E-state index contributed by atoms with van der Waals surface area (Å²) in [4.78, 5) is 14.4. The van der Waals surface area contributed by atoms with Crippen LogP contribution in [0.25, 0.3) is 0 Å². The molecule has 1 heterocycles. The first kappa shape index (κ1) is 16.6. The highest BCUT2D eigenvalue weighted by Crippen LogP contribution is 2.17. The van der Waals surface area contributed by atoms with Crippen molar-refractivity contribution >= 4 is 6.03 Å². The van der Waals surface area contributed by atoms with Gasteiger partial charge in [0.1, 0.15) is 0 Å². The summed E-state index contributed by atoms with van der Waals surface area (Å²) in [6.45, 7) is 3.47. The van der Waals surface area contributed by atoms with Gasteiger partial charge in [0, 0.05) is 31.8 Å². The molecule has 0 spiro atoms. The van der Waals surface area contributed by atoms with E-state index in [9.17, 15) is 4.79 Å². The molecule has 0 bridgehead atoms. The molecule has 122 valence electrons. The molecule has 0 atom stereocenters. The Morgan fingerprint density at radius 2 is 1.57 bits per heavy atom. The highest BCUT2D eigenvalue weighted by atomic mass is 16.2.